The van der Waals surface area contributed by atoms with Gasteiger partial charge in [-0.05, 0) is 58.3 Å². The first-order chi connectivity index (χ1) is 9.35. The number of piperidine rings is 1. The average Bonchev–Trinajstić information content (AvgIpc) is 2.37. The Bertz CT molecular complexity index is 330. The molecule has 2 aliphatic rings. The molecule has 20 heavy (non-hydrogen) atoms. The molecule has 2 atom stereocenters. The summed E-state index contributed by atoms with van der Waals surface area (Å²) < 4.78 is 5.44. The Kier molecular flexibility index (Phi) is 4.95. The molecular weight excluding hydrogens is 252 g/mol. The summed E-state index contributed by atoms with van der Waals surface area (Å²) >= 11 is 0. The van der Waals surface area contributed by atoms with Crippen molar-refractivity contribution in [2.75, 3.05) is 13.1 Å². The van der Waals surface area contributed by atoms with E-state index < -0.39 is 5.60 Å². The number of ether oxygens (including phenoxy) is 1. The Balaban J connectivity index is 1.78. The van der Waals surface area contributed by atoms with Crippen molar-refractivity contribution in [2.45, 2.75) is 70.9 Å². The fraction of sp³-hybridized carbons (Fsp3) is 0.938. The van der Waals surface area contributed by atoms with Crippen LogP contribution in [0.15, 0.2) is 0 Å². The minimum Gasteiger partial charge on any atom is -0.444 e. The quantitative estimate of drug-likeness (QED) is 0.803. The Morgan fingerprint density at radius 2 is 1.75 bits per heavy atom. The van der Waals surface area contributed by atoms with Gasteiger partial charge in [-0.1, -0.05) is 12.8 Å². The first-order valence-electron chi connectivity index (χ1n) is 8.08. The second-order valence-corrected chi connectivity index (χ2v) is 7.49. The topological polar surface area (TPSA) is 55.6 Å². The van der Waals surface area contributed by atoms with E-state index in [9.17, 15) is 4.79 Å². The van der Waals surface area contributed by atoms with E-state index in [1.54, 1.807) is 0 Å². The van der Waals surface area contributed by atoms with Gasteiger partial charge in [0.1, 0.15) is 5.60 Å². The number of amides is 1. The average molecular weight is 282 g/mol. The first-order valence-corrected chi connectivity index (χ1v) is 8.08. The van der Waals surface area contributed by atoms with Crippen LogP contribution < -0.4 is 5.73 Å². The highest BCUT2D eigenvalue weighted by molar-refractivity contribution is 5.68. The van der Waals surface area contributed by atoms with Crippen LogP contribution in [0.1, 0.15) is 59.3 Å². The van der Waals surface area contributed by atoms with Gasteiger partial charge in [0.2, 0.25) is 0 Å². The molecule has 1 saturated heterocycles. The van der Waals surface area contributed by atoms with Crippen LogP contribution in [0.4, 0.5) is 4.79 Å². The number of carbonyl (C=O) groups is 1. The van der Waals surface area contributed by atoms with Crippen LogP contribution in [-0.2, 0) is 4.74 Å². The van der Waals surface area contributed by atoms with Crippen molar-refractivity contribution in [1.82, 2.24) is 4.90 Å². The number of nitrogens with zero attached hydrogens (tertiary/aromatic N) is 1. The number of carbonyl (C=O) groups excluding carboxylic acids is 1. The summed E-state index contributed by atoms with van der Waals surface area (Å²) in [7, 11) is 0. The Morgan fingerprint density at radius 1 is 1.10 bits per heavy atom. The molecule has 1 aliphatic carbocycles. The molecule has 2 N–H and O–H groups in total. The van der Waals surface area contributed by atoms with E-state index in [1.165, 1.54) is 25.7 Å². The van der Waals surface area contributed by atoms with Crippen LogP contribution in [0.2, 0.25) is 0 Å². The van der Waals surface area contributed by atoms with Crippen molar-refractivity contribution in [3.63, 3.8) is 0 Å². The molecule has 1 aliphatic heterocycles. The zero-order chi connectivity index (χ0) is 14.8. The molecule has 1 heterocycles. The lowest BCUT2D eigenvalue weighted by molar-refractivity contribution is 0.0146. The van der Waals surface area contributed by atoms with Gasteiger partial charge < -0.3 is 15.4 Å². The van der Waals surface area contributed by atoms with Crippen LogP contribution in [0.3, 0.4) is 0 Å². The maximum Gasteiger partial charge on any atom is 0.410 e. The summed E-state index contributed by atoms with van der Waals surface area (Å²) in [4.78, 5) is 13.9. The summed E-state index contributed by atoms with van der Waals surface area (Å²) in [6.45, 7) is 7.43. The minimum absolute atomic E-state index is 0.156. The number of nitrogens with two attached hydrogens (primary N) is 1. The van der Waals surface area contributed by atoms with Crippen molar-refractivity contribution in [3.05, 3.63) is 0 Å². The molecule has 4 heteroatoms. The largest absolute Gasteiger partial charge is 0.444 e. The van der Waals surface area contributed by atoms with Crippen molar-refractivity contribution in [3.8, 4) is 0 Å². The van der Waals surface area contributed by atoms with Gasteiger partial charge in [-0.3, -0.25) is 0 Å². The molecule has 0 unspecified atom stereocenters. The van der Waals surface area contributed by atoms with Gasteiger partial charge >= 0.3 is 6.09 Å². The smallest absolute Gasteiger partial charge is 0.410 e. The predicted molar refractivity (Wildman–Crippen MR) is 80.5 cm³/mol. The Labute approximate surface area is 123 Å². The van der Waals surface area contributed by atoms with Crippen LogP contribution >= 0.6 is 0 Å². The SMILES string of the molecule is CC(C)(C)OC(=O)N1CCC([C@H]2CCC[C@H](N)C2)CC1. The summed E-state index contributed by atoms with van der Waals surface area (Å²) in [5.74, 6) is 1.53. The Hall–Kier alpha value is -0.770. The first kappa shape index (κ1) is 15.6. The van der Waals surface area contributed by atoms with E-state index in [4.69, 9.17) is 10.5 Å². The summed E-state index contributed by atoms with van der Waals surface area (Å²) in [6, 6.07) is 0.401. The predicted octanol–water partition coefficient (Wildman–Crippen LogP) is 3.15. The van der Waals surface area contributed by atoms with Crippen LogP contribution in [0.25, 0.3) is 0 Å². The van der Waals surface area contributed by atoms with E-state index in [0.29, 0.717) is 6.04 Å². The lowest BCUT2D eigenvalue weighted by Crippen LogP contribution is -2.43. The molecule has 2 fully saturated rings. The van der Waals surface area contributed by atoms with Crippen molar-refractivity contribution < 1.29 is 9.53 Å². The molecular formula is C16H30N2O2. The van der Waals surface area contributed by atoms with Gasteiger partial charge in [0, 0.05) is 19.1 Å². The fourth-order valence-electron chi connectivity index (χ4n) is 3.57. The summed E-state index contributed by atoms with van der Waals surface area (Å²) in [5, 5.41) is 0. The van der Waals surface area contributed by atoms with Gasteiger partial charge in [0.15, 0.2) is 0 Å². The van der Waals surface area contributed by atoms with Gasteiger partial charge in [-0.2, -0.15) is 0 Å². The maximum absolute atomic E-state index is 12.0. The molecule has 0 radical (unpaired) electrons. The zero-order valence-electron chi connectivity index (χ0n) is 13.2. The van der Waals surface area contributed by atoms with E-state index in [0.717, 1.165) is 37.8 Å². The molecule has 1 saturated carbocycles. The molecule has 0 aromatic carbocycles. The standard InChI is InChI=1S/C16H30N2O2/c1-16(2,3)20-15(19)18-9-7-12(8-10-18)13-5-4-6-14(17)11-13/h12-14H,4-11,17H2,1-3H3/t13-,14-/m0/s1. The maximum atomic E-state index is 12.0. The van der Waals surface area contributed by atoms with Crippen molar-refractivity contribution >= 4 is 6.09 Å². The third-order valence-electron chi connectivity index (χ3n) is 4.61. The van der Waals surface area contributed by atoms with E-state index in [1.807, 2.05) is 25.7 Å². The van der Waals surface area contributed by atoms with Gasteiger partial charge in [0.05, 0.1) is 0 Å². The molecule has 0 aromatic rings. The van der Waals surface area contributed by atoms with Crippen molar-refractivity contribution in [1.29, 1.82) is 0 Å². The van der Waals surface area contributed by atoms with E-state index >= 15 is 0 Å². The molecule has 116 valence electrons. The lowest BCUT2D eigenvalue weighted by atomic mass is 9.74. The molecule has 4 nitrogen and oxygen atoms in total. The number of hydrogen-bond acceptors (Lipinski definition) is 3. The number of rotatable bonds is 1. The van der Waals surface area contributed by atoms with Crippen LogP contribution in [-0.4, -0.2) is 35.7 Å². The fourth-order valence-corrected chi connectivity index (χ4v) is 3.57. The third kappa shape index (κ3) is 4.37. The lowest BCUT2D eigenvalue weighted by Gasteiger charge is -2.39. The molecule has 0 bridgehead atoms. The molecule has 2 rings (SSSR count). The van der Waals surface area contributed by atoms with Crippen molar-refractivity contribution in [2.24, 2.45) is 17.6 Å². The molecule has 0 aromatic heterocycles. The number of likely N-dealkylation sites (tertiary alicyclic amines) is 1. The summed E-state index contributed by atoms with van der Waals surface area (Å²) in [5.41, 5.74) is 5.69. The normalized spacial score (nSPS) is 29.3. The van der Waals surface area contributed by atoms with Crippen LogP contribution in [0, 0.1) is 11.8 Å². The minimum atomic E-state index is -0.399. The molecule has 1 amide bonds. The van der Waals surface area contributed by atoms with Gasteiger partial charge in [0.25, 0.3) is 0 Å². The number of hydrogen-bond donors (Lipinski definition) is 1. The monoisotopic (exact) mass is 282 g/mol. The second-order valence-electron chi connectivity index (χ2n) is 7.49. The zero-order valence-corrected chi connectivity index (χ0v) is 13.2. The van der Waals surface area contributed by atoms with Gasteiger partial charge in [-0.25, -0.2) is 4.79 Å². The highest BCUT2D eigenvalue weighted by Gasteiger charge is 2.32. The molecule has 0 spiro atoms. The highest BCUT2D eigenvalue weighted by atomic mass is 16.6. The van der Waals surface area contributed by atoms with Gasteiger partial charge in [-0.15, -0.1) is 0 Å². The Morgan fingerprint density at radius 3 is 2.30 bits per heavy atom. The summed E-state index contributed by atoms with van der Waals surface area (Å²) in [6.07, 6.45) is 7.02. The van der Waals surface area contributed by atoms with Crippen LogP contribution in [0.5, 0.6) is 0 Å². The van der Waals surface area contributed by atoms with E-state index in [-0.39, 0.29) is 6.09 Å². The van der Waals surface area contributed by atoms with E-state index in [2.05, 4.69) is 0 Å². The second kappa shape index (κ2) is 6.33. The highest BCUT2D eigenvalue weighted by Crippen LogP contribution is 2.35. The third-order valence-corrected chi connectivity index (χ3v) is 4.61.